The fourth-order valence-corrected chi connectivity index (χ4v) is 2.26. The number of amides is 1. The number of aryl methyl sites for hydroxylation is 1. The van der Waals surface area contributed by atoms with E-state index in [0.717, 1.165) is 11.1 Å². The minimum Gasteiger partial charge on any atom is -0.506 e. The number of esters is 1. The first-order valence-corrected chi connectivity index (χ1v) is 7.66. The molecular formula is C19H19NO5. The van der Waals surface area contributed by atoms with Gasteiger partial charge in [-0.05, 0) is 49.2 Å². The zero-order valence-corrected chi connectivity index (χ0v) is 14.3. The van der Waals surface area contributed by atoms with E-state index >= 15 is 0 Å². The van der Waals surface area contributed by atoms with Crippen LogP contribution in [0.4, 0.5) is 5.69 Å². The zero-order chi connectivity index (χ0) is 18.6. The van der Waals surface area contributed by atoms with Crippen LogP contribution in [-0.4, -0.2) is 29.4 Å². The van der Waals surface area contributed by atoms with E-state index < -0.39 is 18.4 Å². The number of anilines is 1. The van der Waals surface area contributed by atoms with Gasteiger partial charge < -0.3 is 15.2 Å². The molecule has 2 aromatic carbocycles. The molecule has 0 radical (unpaired) electrons. The van der Waals surface area contributed by atoms with E-state index in [4.69, 9.17) is 4.74 Å². The molecule has 0 aliphatic rings. The van der Waals surface area contributed by atoms with Crippen LogP contribution in [0.2, 0.25) is 0 Å². The molecule has 0 saturated heterocycles. The lowest BCUT2D eigenvalue weighted by Gasteiger charge is -2.10. The van der Waals surface area contributed by atoms with Gasteiger partial charge in [-0.2, -0.15) is 0 Å². The average Bonchev–Trinajstić information content (AvgIpc) is 2.56. The highest BCUT2D eigenvalue weighted by atomic mass is 16.5. The van der Waals surface area contributed by atoms with Crippen molar-refractivity contribution >= 4 is 23.3 Å². The van der Waals surface area contributed by atoms with Crippen molar-refractivity contribution in [1.82, 2.24) is 0 Å². The number of Topliss-reactive ketones (excluding diaryl/α,β-unsaturated/α-hetero) is 1. The molecule has 0 aliphatic heterocycles. The Balaban J connectivity index is 2.08. The van der Waals surface area contributed by atoms with Crippen LogP contribution in [0.1, 0.15) is 38.8 Å². The maximum atomic E-state index is 12.2. The highest BCUT2D eigenvalue weighted by molar-refractivity contribution is 6.01. The van der Waals surface area contributed by atoms with Crippen LogP contribution in [0.25, 0.3) is 0 Å². The molecule has 0 unspecified atom stereocenters. The summed E-state index contributed by atoms with van der Waals surface area (Å²) in [6.45, 7) is 4.56. The summed E-state index contributed by atoms with van der Waals surface area (Å²) in [4.78, 5) is 35.5. The van der Waals surface area contributed by atoms with Crippen molar-refractivity contribution in [3.05, 3.63) is 58.7 Å². The lowest BCUT2D eigenvalue weighted by atomic mass is 10.0. The monoisotopic (exact) mass is 341 g/mol. The Morgan fingerprint density at radius 3 is 2.52 bits per heavy atom. The summed E-state index contributed by atoms with van der Waals surface area (Å²) in [5.74, 6) is -1.54. The number of nitrogens with one attached hydrogen (secondary N) is 1. The standard InChI is InChI=1S/C19H19NO5/c1-11-5-4-6-15(12(11)2)19(24)25-10-18(23)14-7-8-17(22)16(9-14)20-13(3)21/h4-9,22H,10H2,1-3H3,(H,20,21). The highest BCUT2D eigenvalue weighted by Crippen LogP contribution is 2.24. The van der Waals surface area contributed by atoms with Gasteiger partial charge in [-0.25, -0.2) is 4.79 Å². The van der Waals surface area contributed by atoms with Gasteiger partial charge in [0.05, 0.1) is 11.3 Å². The number of hydrogen-bond donors (Lipinski definition) is 2. The van der Waals surface area contributed by atoms with Crippen LogP contribution in [-0.2, 0) is 9.53 Å². The number of rotatable bonds is 5. The molecule has 0 fully saturated rings. The van der Waals surface area contributed by atoms with Gasteiger partial charge in [0.2, 0.25) is 5.91 Å². The van der Waals surface area contributed by atoms with Crippen LogP contribution < -0.4 is 5.32 Å². The summed E-state index contributed by atoms with van der Waals surface area (Å²) in [5.41, 5.74) is 2.52. The molecule has 1 amide bonds. The van der Waals surface area contributed by atoms with E-state index in [1.54, 1.807) is 12.1 Å². The molecule has 0 heterocycles. The van der Waals surface area contributed by atoms with Gasteiger partial charge in [0, 0.05) is 12.5 Å². The molecule has 0 atom stereocenters. The number of aromatic hydroxyl groups is 1. The van der Waals surface area contributed by atoms with Crippen molar-refractivity contribution in [2.75, 3.05) is 11.9 Å². The maximum Gasteiger partial charge on any atom is 0.338 e. The van der Waals surface area contributed by atoms with E-state index in [2.05, 4.69) is 5.32 Å². The largest absolute Gasteiger partial charge is 0.506 e. The van der Waals surface area contributed by atoms with E-state index in [9.17, 15) is 19.5 Å². The third kappa shape index (κ3) is 4.44. The van der Waals surface area contributed by atoms with E-state index in [1.165, 1.54) is 25.1 Å². The number of carbonyl (C=O) groups excluding carboxylic acids is 3. The molecule has 2 aromatic rings. The van der Waals surface area contributed by atoms with Gasteiger partial charge in [0.15, 0.2) is 12.4 Å². The smallest absolute Gasteiger partial charge is 0.338 e. The number of ether oxygens (including phenoxy) is 1. The number of hydrogen-bond acceptors (Lipinski definition) is 5. The number of phenolic OH excluding ortho intramolecular Hbond substituents is 1. The quantitative estimate of drug-likeness (QED) is 0.495. The Kier molecular flexibility index (Phi) is 5.54. The first kappa shape index (κ1) is 18.2. The molecule has 2 rings (SSSR count). The summed E-state index contributed by atoms with van der Waals surface area (Å²) in [7, 11) is 0. The molecule has 0 bridgehead atoms. The van der Waals surface area contributed by atoms with Crippen LogP contribution in [0.5, 0.6) is 5.75 Å². The molecule has 0 saturated carbocycles. The Bertz CT molecular complexity index is 842. The molecular weight excluding hydrogens is 322 g/mol. The van der Waals surface area contributed by atoms with Gasteiger partial charge in [0.25, 0.3) is 0 Å². The summed E-state index contributed by atoms with van der Waals surface area (Å²) in [6, 6.07) is 9.31. The molecule has 0 aliphatic carbocycles. The van der Waals surface area contributed by atoms with E-state index in [-0.39, 0.29) is 22.9 Å². The number of ketones is 1. The second-order valence-electron chi connectivity index (χ2n) is 5.66. The maximum absolute atomic E-state index is 12.2. The van der Waals surface area contributed by atoms with Gasteiger partial charge in [0.1, 0.15) is 5.75 Å². The lowest BCUT2D eigenvalue weighted by Crippen LogP contribution is -2.16. The van der Waals surface area contributed by atoms with Crippen LogP contribution >= 0.6 is 0 Å². The fourth-order valence-electron chi connectivity index (χ4n) is 2.26. The Labute approximate surface area is 145 Å². The molecule has 6 nitrogen and oxygen atoms in total. The minimum atomic E-state index is -0.574. The number of phenols is 1. The second kappa shape index (κ2) is 7.61. The van der Waals surface area contributed by atoms with Crippen molar-refractivity contribution in [3.8, 4) is 5.75 Å². The zero-order valence-electron chi connectivity index (χ0n) is 14.3. The first-order chi connectivity index (χ1) is 11.8. The van der Waals surface area contributed by atoms with Crippen molar-refractivity contribution in [2.24, 2.45) is 0 Å². The Hall–Kier alpha value is -3.15. The molecule has 2 N–H and O–H groups in total. The van der Waals surface area contributed by atoms with Crippen molar-refractivity contribution < 1.29 is 24.2 Å². The summed E-state index contributed by atoms with van der Waals surface area (Å²) < 4.78 is 5.09. The van der Waals surface area contributed by atoms with Crippen molar-refractivity contribution in [3.63, 3.8) is 0 Å². The lowest BCUT2D eigenvalue weighted by molar-refractivity contribution is -0.114. The molecule has 130 valence electrons. The predicted molar refractivity (Wildman–Crippen MR) is 92.9 cm³/mol. The highest BCUT2D eigenvalue weighted by Gasteiger charge is 2.15. The van der Waals surface area contributed by atoms with Crippen molar-refractivity contribution in [2.45, 2.75) is 20.8 Å². The molecule has 6 heteroatoms. The van der Waals surface area contributed by atoms with Gasteiger partial charge in [-0.3, -0.25) is 9.59 Å². The summed E-state index contributed by atoms with van der Waals surface area (Å²) in [6.07, 6.45) is 0. The van der Waals surface area contributed by atoms with Crippen molar-refractivity contribution in [1.29, 1.82) is 0 Å². The van der Waals surface area contributed by atoms with Crippen LogP contribution in [0.3, 0.4) is 0 Å². The normalized spacial score (nSPS) is 10.2. The van der Waals surface area contributed by atoms with E-state index in [0.29, 0.717) is 5.56 Å². The van der Waals surface area contributed by atoms with E-state index in [1.807, 2.05) is 19.9 Å². The van der Waals surface area contributed by atoms with Gasteiger partial charge >= 0.3 is 5.97 Å². The Morgan fingerprint density at radius 2 is 1.84 bits per heavy atom. The number of carbonyl (C=O) groups is 3. The van der Waals surface area contributed by atoms with Crippen LogP contribution in [0, 0.1) is 13.8 Å². The number of benzene rings is 2. The third-order valence-corrected chi connectivity index (χ3v) is 3.79. The molecule has 25 heavy (non-hydrogen) atoms. The fraction of sp³-hybridized carbons (Fsp3) is 0.211. The summed E-state index contributed by atoms with van der Waals surface area (Å²) in [5, 5.41) is 12.1. The molecule has 0 aromatic heterocycles. The Morgan fingerprint density at radius 1 is 1.12 bits per heavy atom. The topological polar surface area (TPSA) is 92.7 Å². The molecule has 0 spiro atoms. The predicted octanol–water partition coefficient (Wildman–Crippen LogP) is 3.01. The third-order valence-electron chi connectivity index (χ3n) is 3.79. The van der Waals surface area contributed by atoms with Crippen LogP contribution in [0.15, 0.2) is 36.4 Å². The van der Waals surface area contributed by atoms with Gasteiger partial charge in [-0.15, -0.1) is 0 Å². The minimum absolute atomic E-state index is 0.124. The SMILES string of the molecule is CC(=O)Nc1cc(C(=O)COC(=O)c2cccc(C)c2C)ccc1O. The summed E-state index contributed by atoms with van der Waals surface area (Å²) >= 11 is 0. The van der Waals surface area contributed by atoms with Gasteiger partial charge in [-0.1, -0.05) is 12.1 Å². The average molecular weight is 341 g/mol. The first-order valence-electron chi connectivity index (χ1n) is 7.66. The second-order valence-corrected chi connectivity index (χ2v) is 5.66.